The first kappa shape index (κ1) is 23.4. The molecular weight excluding hydrogens is 410 g/mol. The SMILES string of the molecule is CCN(CC)S(=O)(=O)c1ccc(C)c(C(=O)N2CCN(Cc3cccc(C)c3)CC2)c1. The average molecular weight is 444 g/mol. The van der Waals surface area contributed by atoms with Crippen LogP contribution in [-0.2, 0) is 16.6 Å². The number of carbonyl (C=O) groups excluding carboxylic acids is 1. The van der Waals surface area contributed by atoms with Crippen molar-refractivity contribution in [2.75, 3.05) is 39.3 Å². The molecule has 168 valence electrons. The summed E-state index contributed by atoms with van der Waals surface area (Å²) in [6.45, 7) is 12.1. The van der Waals surface area contributed by atoms with E-state index in [-0.39, 0.29) is 10.8 Å². The summed E-state index contributed by atoms with van der Waals surface area (Å²) in [5, 5.41) is 0. The molecule has 0 aromatic heterocycles. The van der Waals surface area contributed by atoms with Crippen LogP contribution < -0.4 is 0 Å². The molecule has 0 atom stereocenters. The second kappa shape index (κ2) is 9.94. The Labute approximate surface area is 186 Å². The molecule has 0 radical (unpaired) electrons. The predicted molar refractivity (Wildman–Crippen MR) is 124 cm³/mol. The first-order valence-electron chi connectivity index (χ1n) is 10.9. The van der Waals surface area contributed by atoms with Crippen molar-refractivity contribution in [1.29, 1.82) is 0 Å². The van der Waals surface area contributed by atoms with Gasteiger partial charge in [0.05, 0.1) is 4.90 Å². The fraction of sp³-hybridized carbons (Fsp3) is 0.458. The summed E-state index contributed by atoms with van der Waals surface area (Å²) in [7, 11) is -3.60. The molecule has 31 heavy (non-hydrogen) atoms. The molecule has 2 aromatic carbocycles. The van der Waals surface area contributed by atoms with Crippen molar-refractivity contribution < 1.29 is 13.2 Å². The number of rotatable bonds is 7. The molecule has 1 aliphatic rings. The number of hydrogen-bond donors (Lipinski definition) is 0. The Morgan fingerprint density at radius 2 is 1.65 bits per heavy atom. The fourth-order valence-electron chi connectivity index (χ4n) is 4.05. The van der Waals surface area contributed by atoms with E-state index >= 15 is 0 Å². The lowest BCUT2D eigenvalue weighted by atomic mass is 10.1. The lowest BCUT2D eigenvalue weighted by molar-refractivity contribution is 0.0627. The Morgan fingerprint density at radius 1 is 0.968 bits per heavy atom. The quantitative estimate of drug-likeness (QED) is 0.659. The molecule has 0 unspecified atom stereocenters. The van der Waals surface area contributed by atoms with Gasteiger partial charge in [-0.2, -0.15) is 4.31 Å². The van der Waals surface area contributed by atoms with Gasteiger partial charge in [-0.15, -0.1) is 0 Å². The molecule has 3 rings (SSSR count). The zero-order chi connectivity index (χ0) is 22.6. The summed E-state index contributed by atoms with van der Waals surface area (Å²) in [6.07, 6.45) is 0. The van der Waals surface area contributed by atoms with Gasteiger partial charge in [-0.25, -0.2) is 8.42 Å². The highest BCUT2D eigenvalue weighted by Crippen LogP contribution is 2.21. The summed E-state index contributed by atoms with van der Waals surface area (Å²) in [5.74, 6) is -0.0932. The van der Waals surface area contributed by atoms with E-state index in [0.717, 1.165) is 25.2 Å². The van der Waals surface area contributed by atoms with Crippen molar-refractivity contribution in [2.45, 2.75) is 39.1 Å². The minimum absolute atomic E-state index is 0.0932. The summed E-state index contributed by atoms with van der Waals surface area (Å²) in [5.41, 5.74) is 3.80. The highest BCUT2D eigenvalue weighted by atomic mass is 32.2. The van der Waals surface area contributed by atoms with Gasteiger partial charge in [0.2, 0.25) is 10.0 Å². The Balaban J connectivity index is 1.71. The molecule has 1 fully saturated rings. The number of nitrogens with zero attached hydrogens (tertiary/aromatic N) is 3. The monoisotopic (exact) mass is 443 g/mol. The number of benzene rings is 2. The Hall–Kier alpha value is -2.22. The number of aryl methyl sites for hydroxylation is 2. The number of amides is 1. The molecule has 2 aromatic rings. The maximum atomic E-state index is 13.2. The van der Waals surface area contributed by atoms with Crippen LogP contribution in [0.25, 0.3) is 0 Å². The summed E-state index contributed by atoms with van der Waals surface area (Å²) in [4.78, 5) is 17.6. The standard InChI is InChI=1S/C24H33N3O3S/c1-5-27(6-2)31(29,30)22-11-10-20(4)23(17-22)24(28)26-14-12-25(13-15-26)18-21-9-7-8-19(3)16-21/h7-11,16-17H,5-6,12-15,18H2,1-4H3. The zero-order valence-electron chi connectivity index (χ0n) is 19.0. The third-order valence-corrected chi connectivity index (χ3v) is 7.98. The molecule has 7 heteroatoms. The fourth-order valence-corrected chi connectivity index (χ4v) is 5.54. The van der Waals surface area contributed by atoms with Crippen LogP contribution in [0, 0.1) is 13.8 Å². The van der Waals surface area contributed by atoms with Gasteiger partial charge in [0, 0.05) is 51.4 Å². The van der Waals surface area contributed by atoms with Gasteiger partial charge in [-0.3, -0.25) is 9.69 Å². The molecule has 0 bridgehead atoms. The van der Waals surface area contributed by atoms with Gasteiger partial charge in [0.1, 0.15) is 0 Å². The van der Waals surface area contributed by atoms with E-state index < -0.39 is 10.0 Å². The summed E-state index contributed by atoms with van der Waals surface area (Å²) >= 11 is 0. The van der Waals surface area contributed by atoms with Crippen LogP contribution in [0.15, 0.2) is 47.4 Å². The van der Waals surface area contributed by atoms with Gasteiger partial charge in [-0.05, 0) is 37.1 Å². The Morgan fingerprint density at radius 3 is 2.26 bits per heavy atom. The normalized spacial score (nSPS) is 15.5. The second-order valence-electron chi connectivity index (χ2n) is 8.12. The molecule has 1 saturated heterocycles. The van der Waals surface area contributed by atoms with Crippen LogP contribution in [-0.4, -0.2) is 67.7 Å². The minimum Gasteiger partial charge on any atom is -0.336 e. The van der Waals surface area contributed by atoms with Crippen LogP contribution in [0.3, 0.4) is 0 Å². The van der Waals surface area contributed by atoms with Gasteiger partial charge in [-0.1, -0.05) is 49.7 Å². The molecule has 1 amide bonds. The van der Waals surface area contributed by atoms with Crippen molar-refractivity contribution in [3.8, 4) is 0 Å². The number of carbonyl (C=O) groups is 1. The summed E-state index contributed by atoms with van der Waals surface area (Å²) in [6, 6.07) is 13.4. The Bertz CT molecular complexity index is 1020. The van der Waals surface area contributed by atoms with E-state index in [2.05, 4.69) is 36.1 Å². The second-order valence-corrected chi connectivity index (χ2v) is 10.1. The van der Waals surface area contributed by atoms with Crippen LogP contribution in [0.4, 0.5) is 0 Å². The van der Waals surface area contributed by atoms with Crippen molar-refractivity contribution in [3.63, 3.8) is 0 Å². The average Bonchev–Trinajstić information content (AvgIpc) is 2.75. The van der Waals surface area contributed by atoms with Crippen molar-refractivity contribution in [2.24, 2.45) is 0 Å². The van der Waals surface area contributed by atoms with E-state index in [0.29, 0.717) is 31.7 Å². The third-order valence-electron chi connectivity index (χ3n) is 5.93. The molecule has 0 spiro atoms. The van der Waals surface area contributed by atoms with Gasteiger partial charge < -0.3 is 4.90 Å². The zero-order valence-corrected chi connectivity index (χ0v) is 19.8. The first-order chi connectivity index (χ1) is 14.8. The van der Waals surface area contributed by atoms with E-state index in [9.17, 15) is 13.2 Å². The van der Waals surface area contributed by atoms with Gasteiger partial charge in [0.25, 0.3) is 5.91 Å². The predicted octanol–water partition coefficient (Wildman–Crippen LogP) is 3.29. The highest BCUT2D eigenvalue weighted by molar-refractivity contribution is 7.89. The molecular formula is C24H33N3O3S. The lowest BCUT2D eigenvalue weighted by Crippen LogP contribution is -2.48. The minimum atomic E-state index is -3.60. The first-order valence-corrected chi connectivity index (χ1v) is 12.4. The van der Waals surface area contributed by atoms with Crippen molar-refractivity contribution >= 4 is 15.9 Å². The van der Waals surface area contributed by atoms with E-state index in [1.807, 2.05) is 25.7 Å². The molecule has 6 nitrogen and oxygen atoms in total. The topological polar surface area (TPSA) is 60.9 Å². The maximum absolute atomic E-state index is 13.2. The van der Waals surface area contributed by atoms with Crippen LogP contribution in [0.5, 0.6) is 0 Å². The van der Waals surface area contributed by atoms with Crippen molar-refractivity contribution in [3.05, 3.63) is 64.7 Å². The van der Waals surface area contributed by atoms with E-state index in [4.69, 9.17) is 0 Å². The molecule has 0 N–H and O–H groups in total. The smallest absolute Gasteiger partial charge is 0.254 e. The Kier molecular flexibility index (Phi) is 7.51. The van der Waals surface area contributed by atoms with Crippen LogP contribution >= 0.6 is 0 Å². The molecule has 0 aliphatic carbocycles. The summed E-state index contributed by atoms with van der Waals surface area (Å²) < 4.78 is 27.2. The van der Waals surface area contributed by atoms with E-state index in [1.54, 1.807) is 18.2 Å². The van der Waals surface area contributed by atoms with E-state index in [1.165, 1.54) is 15.4 Å². The largest absolute Gasteiger partial charge is 0.336 e. The maximum Gasteiger partial charge on any atom is 0.254 e. The van der Waals surface area contributed by atoms with Crippen LogP contribution in [0.1, 0.15) is 40.9 Å². The molecule has 1 aliphatic heterocycles. The highest BCUT2D eigenvalue weighted by Gasteiger charge is 2.27. The molecule has 1 heterocycles. The molecule has 0 saturated carbocycles. The van der Waals surface area contributed by atoms with Crippen molar-refractivity contribution in [1.82, 2.24) is 14.1 Å². The number of sulfonamides is 1. The third kappa shape index (κ3) is 5.34. The number of piperazine rings is 1. The lowest BCUT2D eigenvalue weighted by Gasteiger charge is -2.35. The van der Waals surface area contributed by atoms with Gasteiger partial charge in [0.15, 0.2) is 0 Å². The van der Waals surface area contributed by atoms with Crippen LogP contribution in [0.2, 0.25) is 0 Å². The van der Waals surface area contributed by atoms with Gasteiger partial charge >= 0.3 is 0 Å². The number of hydrogen-bond acceptors (Lipinski definition) is 4.